The number of nitrogens with zero attached hydrogens (tertiary/aromatic N) is 4. The first-order valence-electron chi connectivity index (χ1n) is 20.0. The van der Waals surface area contributed by atoms with Crippen molar-refractivity contribution in [3.05, 3.63) is 206 Å². The van der Waals surface area contributed by atoms with Crippen molar-refractivity contribution >= 4 is 43.6 Å². The third kappa shape index (κ3) is 5.21. The van der Waals surface area contributed by atoms with E-state index in [0.29, 0.717) is 5.92 Å². The standard InChI is InChI=1S/C53H42N4/c1-3-47-43(40-24-12-13-25-41(40)48-27-16-17-31-55(47)48)30-29-36-18-10-11-23-39(36)50-33-46-45-32-44-42-26-14-15-28-49(42)56(37-19-6-4-7-20-37)51(44)34-52(45)57(53(46)35-54(50)2)38-21-8-5-9-22-38/h3-28,31-35,43,47H,1,29-30H2,2H3/q+2. The average molecular weight is 735 g/mol. The molecule has 6 aromatic carbocycles. The van der Waals surface area contributed by atoms with Gasteiger partial charge in [0.15, 0.2) is 18.4 Å². The van der Waals surface area contributed by atoms with Crippen molar-refractivity contribution in [2.75, 3.05) is 0 Å². The maximum absolute atomic E-state index is 4.34. The zero-order valence-electron chi connectivity index (χ0n) is 32.0. The van der Waals surface area contributed by atoms with Crippen LogP contribution in [-0.2, 0) is 13.5 Å². The Morgan fingerprint density at radius 2 is 1.16 bits per heavy atom. The molecule has 0 amide bonds. The predicted octanol–water partition coefficient (Wildman–Crippen LogP) is 11.8. The fourth-order valence-corrected chi connectivity index (χ4v) is 9.82. The molecule has 2 atom stereocenters. The van der Waals surface area contributed by atoms with E-state index in [4.69, 9.17) is 0 Å². The molecule has 0 bridgehead atoms. The summed E-state index contributed by atoms with van der Waals surface area (Å²) in [6, 6.07) is 62.3. The first-order chi connectivity index (χ1) is 28.2. The van der Waals surface area contributed by atoms with E-state index in [9.17, 15) is 0 Å². The van der Waals surface area contributed by atoms with E-state index in [1.165, 1.54) is 77.3 Å². The van der Waals surface area contributed by atoms with Crippen LogP contribution in [0.2, 0.25) is 0 Å². The van der Waals surface area contributed by atoms with Gasteiger partial charge in [-0.15, -0.1) is 0 Å². The number of fused-ring (bicyclic) bond motifs is 9. The summed E-state index contributed by atoms with van der Waals surface area (Å²) in [6.07, 6.45) is 8.65. The summed E-state index contributed by atoms with van der Waals surface area (Å²) in [4.78, 5) is 0. The topological polar surface area (TPSA) is 17.6 Å². The molecule has 4 heteroatoms. The Morgan fingerprint density at radius 1 is 0.544 bits per heavy atom. The molecule has 272 valence electrons. The average Bonchev–Trinajstić information content (AvgIpc) is 3.76. The molecule has 4 nitrogen and oxygen atoms in total. The number of hydrogen-bond donors (Lipinski definition) is 0. The van der Waals surface area contributed by atoms with E-state index in [0.717, 1.165) is 24.2 Å². The highest BCUT2D eigenvalue weighted by Crippen LogP contribution is 2.43. The fourth-order valence-electron chi connectivity index (χ4n) is 9.82. The number of para-hydroxylation sites is 3. The minimum absolute atomic E-state index is 0.185. The van der Waals surface area contributed by atoms with Gasteiger partial charge in [-0.3, -0.25) is 0 Å². The summed E-state index contributed by atoms with van der Waals surface area (Å²) >= 11 is 0. The molecule has 1 aliphatic rings. The van der Waals surface area contributed by atoms with Gasteiger partial charge in [0.2, 0.25) is 11.4 Å². The predicted molar refractivity (Wildman–Crippen MR) is 234 cm³/mol. The lowest BCUT2D eigenvalue weighted by molar-refractivity contribution is -0.707. The van der Waals surface area contributed by atoms with Crippen LogP contribution in [0.4, 0.5) is 0 Å². The smallest absolute Gasteiger partial charge is 0.213 e. The first-order valence-corrected chi connectivity index (χ1v) is 20.0. The molecular formula is C53H42N4+2. The highest BCUT2D eigenvalue weighted by atomic mass is 15.0. The monoisotopic (exact) mass is 734 g/mol. The zero-order chi connectivity index (χ0) is 38.0. The number of rotatable bonds is 7. The SMILES string of the molecule is C=CC1C(CCc2ccccc2-c2cc3c4cc5c6ccccc6n(-c6ccccc6)c5cc4n(-c4ccccc4)c3c[n+]2C)c2ccccc2-c2cccc[n+]21. The van der Waals surface area contributed by atoms with Crippen LogP contribution in [0.15, 0.2) is 195 Å². The number of aromatic nitrogens is 4. The molecule has 2 unspecified atom stereocenters. The lowest BCUT2D eigenvalue weighted by atomic mass is 9.79. The van der Waals surface area contributed by atoms with E-state index in [1.807, 2.05) is 0 Å². The highest BCUT2D eigenvalue weighted by molar-refractivity contribution is 6.19. The molecule has 0 fully saturated rings. The summed E-state index contributed by atoms with van der Waals surface area (Å²) in [6.45, 7) is 4.34. The molecule has 0 saturated carbocycles. The van der Waals surface area contributed by atoms with E-state index in [1.54, 1.807) is 0 Å². The molecule has 4 aromatic heterocycles. The summed E-state index contributed by atoms with van der Waals surface area (Å²) in [5, 5.41) is 5.01. The van der Waals surface area contributed by atoms with Gasteiger partial charge in [0.1, 0.15) is 12.6 Å². The minimum atomic E-state index is 0.185. The van der Waals surface area contributed by atoms with Gasteiger partial charge in [0, 0.05) is 62.2 Å². The molecule has 5 heterocycles. The van der Waals surface area contributed by atoms with E-state index < -0.39 is 0 Å². The maximum atomic E-state index is 4.34. The number of hydrogen-bond acceptors (Lipinski definition) is 0. The van der Waals surface area contributed by atoms with Crippen LogP contribution in [-0.4, -0.2) is 9.13 Å². The van der Waals surface area contributed by atoms with Crippen LogP contribution in [0.25, 0.3) is 77.5 Å². The van der Waals surface area contributed by atoms with Crippen molar-refractivity contribution in [3.63, 3.8) is 0 Å². The Labute approximate surface area is 332 Å². The van der Waals surface area contributed by atoms with Gasteiger partial charge < -0.3 is 9.13 Å². The van der Waals surface area contributed by atoms with Gasteiger partial charge in [-0.25, -0.2) is 0 Å². The van der Waals surface area contributed by atoms with Crippen LogP contribution in [0.1, 0.15) is 29.5 Å². The summed E-state index contributed by atoms with van der Waals surface area (Å²) in [5.74, 6) is 0.312. The molecule has 57 heavy (non-hydrogen) atoms. The van der Waals surface area contributed by atoms with Gasteiger partial charge in [0.25, 0.3) is 0 Å². The lowest BCUT2D eigenvalue weighted by Crippen LogP contribution is -2.46. The van der Waals surface area contributed by atoms with Crippen LogP contribution in [0, 0.1) is 0 Å². The Kier molecular flexibility index (Phi) is 7.78. The number of aryl methyl sites for hydroxylation is 2. The van der Waals surface area contributed by atoms with Crippen LogP contribution in [0.3, 0.4) is 0 Å². The summed E-state index contributed by atoms with van der Waals surface area (Å²) in [5.41, 5.74) is 14.9. The molecular weight excluding hydrogens is 693 g/mol. The molecule has 0 N–H and O–H groups in total. The van der Waals surface area contributed by atoms with Crippen molar-refractivity contribution in [2.24, 2.45) is 7.05 Å². The van der Waals surface area contributed by atoms with Gasteiger partial charge >= 0.3 is 0 Å². The maximum Gasteiger partial charge on any atom is 0.213 e. The second-order valence-corrected chi connectivity index (χ2v) is 15.4. The number of allylic oxidation sites excluding steroid dienone is 1. The number of pyridine rings is 2. The summed E-state index contributed by atoms with van der Waals surface area (Å²) in [7, 11) is 2.20. The van der Waals surface area contributed by atoms with E-state index in [2.05, 4.69) is 220 Å². The normalized spacial score (nSPS) is 15.0. The second-order valence-electron chi connectivity index (χ2n) is 15.4. The minimum Gasteiger partial charge on any atom is -0.309 e. The zero-order valence-corrected chi connectivity index (χ0v) is 32.0. The molecule has 10 aromatic rings. The Hall–Kier alpha value is -7.04. The Morgan fingerprint density at radius 3 is 1.93 bits per heavy atom. The van der Waals surface area contributed by atoms with Crippen molar-refractivity contribution in [1.29, 1.82) is 0 Å². The third-order valence-corrected chi connectivity index (χ3v) is 12.4. The summed E-state index contributed by atoms with van der Waals surface area (Å²) < 4.78 is 9.60. The van der Waals surface area contributed by atoms with Crippen molar-refractivity contribution in [2.45, 2.75) is 24.8 Å². The highest BCUT2D eigenvalue weighted by Gasteiger charge is 2.37. The van der Waals surface area contributed by atoms with E-state index >= 15 is 0 Å². The van der Waals surface area contributed by atoms with Gasteiger partial charge in [-0.2, -0.15) is 9.13 Å². The van der Waals surface area contributed by atoms with Crippen molar-refractivity contribution in [1.82, 2.24) is 9.13 Å². The van der Waals surface area contributed by atoms with E-state index in [-0.39, 0.29) is 6.04 Å². The van der Waals surface area contributed by atoms with Crippen LogP contribution < -0.4 is 9.13 Å². The van der Waals surface area contributed by atoms with Gasteiger partial charge in [-0.1, -0.05) is 97.6 Å². The first kappa shape index (κ1) is 33.3. The number of benzene rings is 6. The van der Waals surface area contributed by atoms with Gasteiger partial charge in [-0.05, 0) is 90.7 Å². The quantitative estimate of drug-likeness (QED) is 0.115. The lowest BCUT2D eigenvalue weighted by Gasteiger charge is -2.29. The molecule has 0 spiro atoms. The van der Waals surface area contributed by atoms with Crippen LogP contribution >= 0.6 is 0 Å². The largest absolute Gasteiger partial charge is 0.309 e. The van der Waals surface area contributed by atoms with Gasteiger partial charge in [0.05, 0.1) is 22.5 Å². The molecule has 0 saturated heterocycles. The third-order valence-electron chi connectivity index (χ3n) is 12.4. The Balaban J connectivity index is 1.08. The molecule has 1 aliphatic heterocycles. The molecule has 11 rings (SSSR count). The fraction of sp³-hybridized carbons (Fsp3) is 0.0943. The van der Waals surface area contributed by atoms with Crippen molar-refractivity contribution in [3.8, 4) is 33.9 Å². The Bertz CT molecular complexity index is 3170. The molecule has 0 radical (unpaired) electrons. The molecule has 0 aliphatic carbocycles. The van der Waals surface area contributed by atoms with Crippen LogP contribution in [0.5, 0.6) is 0 Å². The second kappa shape index (κ2) is 13.3. The van der Waals surface area contributed by atoms with Crippen molar-refractivity contribution < 1.29 is 9.13 Å².